The minimum atomic E-state index is -4.58. The van der Waals surface area contributed by atoms with Crippen molar-refractivity contribution < 1.29 is 32.2 Å². The van der Waals surface area contributed by atoms with Crippen molar-refractivity contribution in [2.45, 2.75) is 37.3 Å². The minimum Gasteiger partial charge on any atom is -0.493 e. The van der Waals surface area contributed by atoms with Crippen molar-refractivity contribution in [3.05, 3.63) is 70.4 Å². The molecule has 1 heterocycles. The number of amides is 1. The summed E-state index contributed by atoms with van der Waals surface area (Å²) in [4.78, 5) is 25.6. The first-order chi connectivity index (χ1) is 15.2. The molecule has 4 rings (SSSR count). The second kappa shape index (κ2) is 8.33. The molecule has 0 unspecified atom stereocenters. The van der Waals surface area contributed by atoms with Crippen molar-refractivity contribution in [3.63, 3.8) is 0 Å². The van der Waals surface area contributed by atoms with Gasteiger partial charge in [-0.15, -0.1) is 0 Å². The van der Waals surface area contributed by atoms with Crippen LogP contribution in [0, 0.1) is 0 Å². The molecule has 32 heavy (non-hydrogen) atoms. The van der Waals surface area contributed by atoms with E-state index in [0.29, 0.717) is 23.6 Å². The molecule has 2 atom stereocenters. The Morgan fingerprint density at radius 3 is 2.34 bits per heavy atom. The summed E-state index contributed by atoms with van der Waals surface area (Å²) in [6.07, 6.45) is -4.30. The number of Topliss-reactive ketones (excluding diaryl/α,β-unsaturated/α-hetero) is 1. The number of nitrogens with one attached hydrogen (secondary N) is 1. The fraction of sp³-hybridized carbons (Fsp3) is 0.333. The van der Waals surface area contributed by atoms with Crippen LogP contribution in [0.4, 0.5) is 13.2 Å². The molecule has 0 fully saturated rings. The summed E-state index contributed by atoms with van der Waals surface area (Å²) >= 11 is 0. The second-order valence-corrected chi connectivity index (χ2v) is 7.92. The highest BCUT2D eigenvalue weighted by Gasteiger charge is 2.42. The fourth-order valence-electron chi connectivity index (χ4n) is 4.63. The Balaban J connectivity index is 1.74. The highest BCUT2D eigenvalue weighted by Crippen LogP contribution is 2.46. The number of allylic oxidation sites excluding steroid dienone is 2. The average molecular weight is 445 g/mol. The van der Waals surface area contributed by atoms with E-state index in [1.165, 1.54) is 32.4 Å². The standard InChI is InChI=1S/C24H22F3NO4/c1-31-20-8-7-13(11-21(20)32-2)14-9-18-23(19(29)10-14)16(12-22(30)28-18)15-5-3-4-6-17(15)24(25,26)27/h3-8,11,14,16H,9-10,12H2,1-2H3,(H,28,30)/t14-,16+/m1/s1. The first-order valence-corrected chi connectivity index (χ1v) is 10.2. The topological polar surface area (TPSA) is 64.6 Å². The third-order valence-electron chi connectivity index (χ3n) is 6.06. The smallest absolute Gasteiger partial charge is 0.416 e. The summed E-state index contributed by atoms with van der Waals surface area (Å²) in [6, 6.07) is 10.5. The van der Waals surface area contributed by atoms with Gasteiger partial charge in [0.05, 0.1) is 19.8 Å². The van der Waals surface area contributed by atoms with Gasteiger partial charge >= 0.3 is 6.18 Å². The molecule has 0 saturated carbocycles. The summed E-state index contributed by atoms with van der Waals surface area (Å²) in [5.74, 6) is -0.747. The molecule has 0 aromatic heterocycles. The molecule has 2 aromatic rings. The van der Waals surface area contributed by atoms with Crippen molar-refractivity contribution in [3.8, 4) is 11.5 Å². The quantitative estimate of drug-likeness (QED) is 0.739. The van der Waals surface area contributed by atoms with Crippen LogP contribution < -0.4 is 14.8 Å². The second-order valence-electron chi connectivity index (χ2n) is 7.92. The predicted molar refractivity (Wildman–Crippen MR) is 110 cm³/mol. The van der Waals surface area contributed by atoms with Crippen LogP contribution in [-0.4, -0.2) is 25.9 Å². The predicted octanol–water partition coefficient (Wildman–Crippen LogP) is 4.73. The van der Waals surface area contributed by atoms with E-state index in [4.69, 9.17) is 9.47 Å². The van der Waals surface area contributed by atoms with Gasteiger partial charge in [-0.2, -0.15) is 13.2 Å². The number of rotatable bonds is 4. The number of alkyl halides is 3. The summed E-state index contributed by atoms with van der Waals surface area (Å²) in [7, 11) is 3.04. The molecule has 1 N–H and O–H groups in total. The molecule has 2 aliphatic rings. The molecule has 1 amide bonds. The summed E-state index contributed by atoms with van der Waals surface area (Å²) in [5, 5.41) is 2.74. The SMILES string of the molecule is COc1ccc([C@H]2CC(=O)C3=C(C2)NC(=O)C[C@H]3c2ccccc2C(F)(F)F)cc1OC. The maximum atomic E-state index is 13.6. The Morgan fingerprint density at radius 1 is 0.938 bits per heavy atom. The Labute approximate surface area is 183 Å². The van der Waals surface area contributed by atoms with Gasteiger partial charge in [0.25, 0.3) is 0 Å². The third kappa shape index (κ3) is 3.97. The maximum absolute atomic E-state index is 13.6. The van der Waals surface area contributed by atoms with Crippen LogP contribution in [-0.2, 0) is 15.8 Å². The van der Waals surface area contributed by atoms with E-state index in [2.05, 4.69) is 5.32 Å². The Morgan fingerprint density at radius 2 is 1.66 bits per heavy atom. The zero-order valence-corrected chi connectivity index (χ0v) is 17.6. The molecule has 168 valence electrons. The van der Waals surface area contributed by atoms with Gasteiger partial charge in [0.1, 0.15) is 0 Å². The number of carbonyl (C=O) groups is 2. The van der Waals surface area contributed by atoms with E-state index in [1.54, 1.807) is 12.1 Å². The molecule has 0 radical (unpaired) electrons. The Kier molecular flexibility index (Phi) is 5.71. The number of hydrogen-bond acceptors (Lipinski definition) is 4. The van der Waals surface area contributed by atoms with Crippen LogP contribution in [0.5, 0.6) is 11.5 Å². The maximum Gasteiger partial charge on any atom is 0.416 e. The molecule has 1 aliphatic carbocycles. The van der Waals surface area contributed by atoms with Crippen LogP contribution in [0.3, 0.4) is 0 Å². The van der Waals surface area contributed by atoms with Gasteiger partial charge in [0.2, 0.25) is 5.91 Å². The summed E-state index contributed by atoms with van der Waals surface area (Å²) < 4.78 is 51.4. The lowest BCUT2D eigenvalue weighted by Gasteiger charge is -2.35. The monoisotopic (exact) mass is 445 g/mol. The van der Waals surface area contributed by atoms with Gasteiger partial charge in [0, 0.05) is 30.0 Å². The molecule has 2 aromatic carbocycles. The highest BCUT2D eigenvalue weighted by molar-refractivity contribution is 6.02. The number of benzene rings is 2. The number of carbonyl (C=O) groups excluding carboxylic acids is 2. The molecule has 0 saturated heterocycles. The van der Waals surface area contributed by atoms with Crippen LogP contribution in [0.15, 0.2) is 53.7 Å². The summed E-state index contributed by atoms with van der Waals surface area (Å²) in [6.45, 7) is 0. The van der Waals surface area contributed by atoms with Gasteiger partial charge in [-0.25, -0.2) is 0 Å². The van der Waals surface area contributed by atoms with Crippen LogP contribution in [0.1, 0.15) is 47.8 Å². The zero-order valence-electron chi connectivity index (χ0n) is 17.6. The minimum absolute atomic E-state index is 0.0414. The zero-order chi connectivity index (χ0) is 23.0. The lowest BCUT2D eigenvalue weighted by molar-refractivity contribution is -0.138. The molecule has 5 nitrogen and oxygen atoms in total. The molecule has 1 aliphatic heterocycles. The van der Waals surface area contributed by atoms with Gasteiger partial charge in [0.15, 0.2) is 17.3 Å². The van der Waals surface area contributed by atoms with Crippen molar-refractivity contribution >= 4 is 11.7 Å². The Bertz CT molecular complexity index is 1110. The molecule has 0 spiro atoms. The molecule has 8 heteroatoms. The molecular weight excluding hydrogens is 423 g/mol. The lowest BCUT2D eigenvalue weighted by atomic mass is 9.72. The molecule has 0 bridgehead atoms. The first kappa shape index (κ1) is 21.9. The fourth-order valence-corrected chi connectivity index (χ4v) is 4.63. The normalized spacial score (nSPS) is 21.2. The first-order valence-electron chi connectivity index (χ1n) is 10.2. The van der Waals surface area contributed by atoms with Crippen molar-refractivity contribution in [1.82, 2.24) is 5.32 Å². The molecular formula is C24H22F3NO4. The largest absolute Gasteiger partial charge is 0.493 e. The Hall–Kier alpha value is -3.29. The number of halogens is 3. The van der Waals surface area contributed by atoms with Crippen molar-refractivity contribution in [2.24, 2.45) is 0 Å². The van der Waals surface area contributed by atoms with Gasteiger partial charge in [-0.05, 0) is 41.7 Å². The van der Waals surface area contributed by atoms with Crippen molar-refractivity contribution in [1.29, 1.82) is 0 Å². The van der Waals surface area contributed by atoms with E-state index >= 15 is 0 Å². The van der Waals surface area contributed by atoms with Crippen LogP contribution in [0.2, 0.25) is 0 Å². The van der Waals surface area contributed by atoms with E-state index in [0.717, 1.165) is 11.6 Å². The van der Waals surface area contributed by atoms with Gasteiger partial charge in [-0.1, -0.05) is 24.3 Å². The third-order valence-corrected chi connectivity index (χ3v) is 6.06. The van der Waals surface area contributed by atoms with Crippen LogP contribution in [0.25, 0.3) is 0 Å². The number of ether oxygens (including phenoxy) is 2. The average Bonchev–Trinajstić information content (AvgIpc) is 2.77. The van der Waals surface area contributed by atoms with E-state index in [9.17, 15) is 22.8 Å². The van der Waals surface area contributed by atoms with Gasteiger partial charge in [-0.3, -0.25) is 9.59 Å². The number of methoxy groups -OCH3 is 2. The van der Waals surface area contributed by atoms with E-state index in [1.807, 2.05) is 6.07 Å². The summed E-state index contributed by atoms with van der Waals surface area (Å²) in [5.41, 5.74) is 0.647. The van der Waals surface area contributed by atoms with E-state index < -0.39 is 23.6 Å². The van der Waals surface area contributed by atoms with Gasteiger partial charge < -0.3 is 14.8 Å². The highest BCUT2D eigenvalue weighted by atomic mass is 19.4. The van der Waals surface area contributed by atoms with Crippen molar-refractivity contribution in [2.75, 3.05) is 14.2 Å². The number of hydrogen-bond donors (Lipinski definition) is 1. The number of ketones is 1. The lowest BCUT2D eigenvalue weighted by Crippen LogP contribution is -2.38. The van der Waals surface area contributed by atoms with E-state index in [-0.39, 0.29) is 35.7 Å². The van der Waals surface area contributed by atoms with Crippen LogP contribution >= 0.6 is 0 Å².